The van der Waals surface area contributed by atoms with E-state index in [0.29, 0.717) is 16.9 Å². The predicted molar refractivity (Wildman–Crippen MR) is 75.8 cm³/mol. The number of halogens is 1. The van der Waals surface area contributed by atoms with Crippen molar-refractivity contribution < 1.29 is 9.50 Å². The third kappa shape index (κ3) is 2.93. The topological polar surface area (TPSA) is 97.0 Å². The summed E-state index contributed by atoms with van der Waals surface area (Å²) in [6.45, 7) is 3.57. The van der Waals surface area contributed by atoms with Gasteiger partial charge in [-0.1, -0.05) is 13.3 Å². The third-order valence-electron chi connectivity index (χ3n) is 3.02. The molecule has 0 radical (unpaired) electrons. The van der Waals surface area contributed by atoms with E-state index < -0.39 is 5.82 Å². The number of pyridine rings is 1. The van der Waals surface area contributed by atoms with Crippen molar-refractivity contribution in [3.8, 4) is 0 Å². The fraction of sp³-hybridized carbons (Fsp3) is 0.462. The number of nitrogen functional groups attached to an aromatic ring is 1. The van der Waals surface area contributed by atoms with Crippen LogP contribution < -0.4 is 11.1 Å². The van der Waals surface area contributed by atoms with Gasteiger partial charge in [-0.05, 0) is 13.3 Å². The van der Waals surface area contributed by atoms with Crippen LogP contribution in [0.5, 0.6) is 0 Å². The zero-order valence-electron chi connectivity index (χ0n) is 11.5. The van der Waals surface area contributed by atoms with E-state index >= 15 is 0 Å². The normalized spacial score (nSPS) is 12.6. The minimum atomic E-state index is -0.436. The van der Waals surface area contributed by atoms with E-state index in [9.17, 15) is 9.50 Å². The molecule has 0 amide bonds. The van der Waals surface area contributed by atoms with Gasteiger partial charge in [0.2, 0.25) is 5.95 Å². The van der Waals surface area contributed by atoms with Crippen LogP contribution in [-0.4, -0.2) is 32.7 Å². The van der Waals surface area contributed by atoms with Crippen LogP contribution in [0.3, 0.4) is 0 Å². The maximum Gasteiger partial charge on any atom is 0.222 e. The molecule has 1 atom stereocenters. The van der Waals surface area contributed by atoms with Gasteiger partial charge in [0.1, 0.15) is 11.3 Å². The van der Waals surface area contributed by atoms with E-state index in [1.165, 1.54) is 6.07 Å². The highest BCUT2D eigenvalue weighted by molar-refractivity contribution is 5.86. The maximum atomic E-state index is 13.5. The second kappa shape index (κ2) is 5.96. The molecule has 2 heterocycles. The van der Waals surface area contributed by atoms with E-state index in [1.807, 2.05) is 6.92 Å². The first kappa shape index (κ1) is 14.4. The highest BCUT2D eigenvalue weighted by Crippen LogP contribution is 2.22. The molecule has 0 aromatic carbocycles. The number of rotatable bonds is 5. The maximum absolute atomic E-state index is 13.5. The Morgan fingerprint density at radius 3 is 2.80 bits per heavy atom. The van der Waals surface area contributed by atoms with Gasteiger partial charge in [0.05, 0.1) is 23.9 Å². The van der Waals surface area contributed by atoms with Crippen LogP contribution in [0.2, 0.25) is 0 Å². The second-order valence-electron chi connectivity index (χ2n) is 4.67. The Labute approximate surface area is 116 Å². The standard InChI is InChI=1S/C13H18FN5O/c1-3-4-8(6-20)17-12-11-10(18-13(15)19-12)5-9(14)7(2)16-11/h5,8,20H,3-4,6H2,1-2H3,(H3,15,17,18,19). The molecule has 0 aliphatic heterocycles. The lowest BCUT2D eigenvalue weighted by atomic mass is 10.2. The van der Waals surface area contributed by atoms with E-state index in [4.69, 9.17) is 5.73 Å². The molecule has 108 valence electrons. The molecule has 2 aromatic rings. The Bertz CT molecular complexity index is 619. The van der Waals surface area contributed by atoms with E-state index in [2.05, 4.69) is 20.3 Å². The summed E-state index contributed by atoms with van der Waals surface area (Å²) in [5, 5.41) is 12.4. The van der Waals surface area contributed by atoms with E-state index in [-0.39, 0.29) is 24.3 Å². The molecule has 0 spiro atoms. The first-order valence-corrected chi connectivity index (χ1v) is 6.53. The second-order valence-corrected chi connectivity index (χ2v) is 4.67. The largest absolute Gasteiger partial charge is 0.394 e. The first-order chi connectivity index (χ1) is 9.55. The van der Waals surface area contributed by atoms with Gasteiger partial charge >= 0.3 is 0 Å². The molecule has 20 heavy (non-hydrogen) atoms. The van der Waals surface area contributed by atoms with Crippen LogP contribution in [-0.2, 0) is 0 Å². The fourth-order valence-electron chi connectivity index (χ4n) is 2.00. The summed E-state index contributed by atoms with van der Waals surface area (Å²) in [4.78, 5) is 12.2. The molecule has 0 aliphatic rings. The fourth-order valence-corrected chi connectivity index (χ4v) is 2.00. The van der Waals surface area contributed by atoms with Crippen LogP contribution >= 0.6 is 0 Å². The van der Waals surface area contributed by atoms with E-state index in [1.54, 1.807) is 6.92 Å². The van der Waals surface area contributed by atoms with Crippen molar-refractivity contribution in [1.29, 1.82) is 0 Å². The molecule has 6 nitrogen and oxygen atoms in total. The molecule has 2 aromatic heterocycles. The van der Waals surface area contributed by atoms with Crippen molar-refractivity contribution >= 4 is 22.8 Å². The Morgan fingerprint density at radius 2 is 2.15 bits per heavy atom. The minimum absolute atomic E-state index is 0.0284. The van der Waals surface area contributed by atoms with Crippen molar-refractivity contribution in [3.63, 3.8) is 0 Å². The minimum Gasteiger partial charge on any atom is -0.394 e. The van der Waals surface area contributed by atoms with Crippen LogP contribution in [0.1, 0.15) is 25.5 Å². The van der Waals surface area contributed by atoms with Gasteiger partial charge in [-0.25, -0.2) is 14.4 Å². The van der Waals surface area contributed by atoms with Crippen molar-refractivity contribution in [3.05, 3.63) is 17.6 Å². The molecular weight excluding hydrogens is 261 g/mol. The summed E-state index contributed by atoms with van der Waals surface area (Å²) >= 11 is 0. The lowest BCUT2D eigenvalue weighted by molar-refractivity contribution is 0.268. The molecule has 0 aliphatic carbocycles. The quantitative estimate of drug-likeness (QED) is 0.769. The predicted octanol–water partition coefficient (Wildman–Crippen LogP) is 1.63. The summed E-state index contributed by atoms with van der Waals surface area (Å²) in [6.07, 6.45) is 1.69. The summed E-state index contributed by atoms with van der Waals surface area (Å²) in [6, 6.07) is 1.14. The summed E-state index contributed by atoms with van der Waals surface area (Å²) in [5.41, 5.74) is 6.69. The van der Waals surface area contributed by atoms with Gasteiger partial charge < -0.3 is 16.2 Å². The molecule has 0 saturated carbocycles. The third-order valence-corrected chi connectivity index (χ3v) is 3.02. The Kier molecular flexibility index (Phi) is 4.29. The summed E-state index contributed by atoms with van der Waals surface area (Å²) < 4.78 is 13.5. The lowest BCUT2D eigenvalue weighted by Gasteiger charge is -2.17. The SMILES string of the molecule is CCCC(CO)Nc1nc(N)nc2cc(F)c(C)nc12. The zero-order chi connectivity index (χ0) is 14.7. The number of aryl methyl sites for hydroxylation is 1. The molecule has 0 bridgehead atoms. The van der Waals surface area contributed by atoms with Crippen molar-refractivity contribution in [2.24, 2.45) is 0 Å². The zero-order valence-corrected chi connectivity index (χ0v) is 11.5. The number of nitrogens with zero attached hydrogens (tertiary/aromatic N) is 3. The van der Waals surface area contributed by atoms with Crippen LogP contribution in [0.25, 0.3) is 11.0 Å². The van der Waals surface area contributed by atoms with Crippen molar-refractivity contribution in [2.75, 3.05) is 17.7 Å². The number of hydrogen-bond acceptors (Lipinski definition) is 6. The summed E-state index contributed by atoms with van der Waals surface area (Å²) in [7, 11) is 0. The average Bonchev–Trinajstić information content (AvgIpc) is 2.40. The van der Waals surface area contributed by atoms with Gasteiger partial charge in [-0.15, -0.1) is 0 Å². The molecular formula is C13H18FN5O. The number of nitrogens with one attached hydrogen (secondary N) is 1. The van der Waals surface area contributed by atoms with Crippen molar-refractivity contribution in [1.82, 2.24) is 15.0 Å². The molecule has 1 unspecified atom stereocenters. The monoisotopic (exact) mass is 279 g/mol. The van der Waals surface area contributed by atoms with Crippen molar-refractivity contribution in [2.45, 2.75) is 32.7 Å². The summed E-state index contributed by atoms with van der Waals surface area (Å²) in [5.74, 6) is 0.0233. The number of aliphatic hydroxyl groups excluding tert-OH is 1. The number of fused-ring (bicyclic) bond motifs is 1. The lowest BCUT2D eigenvalue weighted by Crippen LogP contribution is -2.24. The van der Waals surface area contributed by atoms with Gasteiger partial charge in [0, 0.05) is 6.07 Å². The van der Waals surface area contributed by atoms with Crippen LogP contribution in [0.15, 0.2) is 6.07 Å². The molecule has 2 rings (SSSR count). The number of nitrogens with two attached hydrogens (primary N) is 1. The van der Waals surface area contributed by atoms with Crippen LogP contribution in [0, 0.1) is 12.7 Å². The Balaban J connectivity index is 2.48. The van der Waals surface area contributed by atoms with Gasteiger partial charge in [-0.3, -0.25) is 0 Å². The van der Waals surface area contributed by atoms with Crippen LogP contribution in [0.4, 0.5) is 16.2 Å². The highest BCUT2D eigenvalue weighted by Gasteiger charge is 2.14. The number of aromatic nitrogens is 3. The highest BCUT2D eigenvalue weighted by atomic mass is 19.1. The van der Waals surface area contributed by atoms with Gasteiger partial charge in [0.25, 0.3) is 0 Å². The number of aliphatic hydroxyl groups is 1. The number of anilines is 2. The molecule has 4 N–H and O–H groups in total. The smallest absolute Gasteiger partial charge is 0.222 e. The Hall–Kier alpha value is -2.02. The molecule has 0 saturated heterocycles. The molecule has 0 fully saturated rings. The van der Waals surface area contributed by atoms with Gasteiger partial charge in [0.15, 0.2) is 5.82 Å². The molecule has 7 heteroatoms. The number of hydrogen-bond donors (Lipinski definition) is 3. The van der Waals surface area contributed by atoms with E-state index in [0.717, 1.165) is 12.8 Å². The van der Waals surface area contributed by atoms with Gasteiger partial charge in [-0.2, -0.15) is 4.98 Å². The Morgan fingerprint density at radius 1 is 1.40 bits per heavy atom. The average molecular weight is 279 g/mol. The first-order valence-electron chi connectivity index (χ1n) is 6.53.